The van der Waals surface area contributed by atoms with Crippen LogP contribution in [0.4, 0.5) is 0 Å². The van der Waals surface area contributed by atoms with Crippen LogP contribution in [0.5, 0.6) is 11.5 Å². The van der Waals surface area contributed by atoms with Crippen LogP contribution in [-0.4, -0.2) is 22.3 Å². The number of pyridine rings is 1. The number of hydrogen-bond acceptors (Lipinski definition) is 4. The summed E-state index contributed by atoms with van der Waals surface area (Å²) in [5.41, 5.74) is 1.44. The molecule has 0 saturated heterocycles. The van der Waals surface area contributed by atoms with Gasteiger partial charge < -0.3 is 14.9 Å². The number of hydrogen-bond donors (Lipinski definition) is 2. The number of nitrogens with zero attached hydrogens (tertiary/aromatic N) is 1. The fourth-order valence-corrected chi connectivity index (χ4v) is 1.75. The molecule has 0 radical (unpaired) electrons. The first-order valence-electron chi connectivity index (χ1n) is 5.65. The summed E-state index contributed by atoms with van der Waals surface area (Å²) in [6.07, 6.45) is 1.40. The van der Waals surface area contributed by atoms with Crippen LogP contribution in [-0.2, 0) is 6.42 Å². The highest BCUT2D eigenvalue weighted by Crippen LogP contribution is 2.29. The van der Waals surface area contributed by atoms with E-state index in [0.29, 0.717) is 17.7 Å². The molecule has 1 unspecified atom stereocenters. The molecular weight excluding hydrogens is 230 g/mol. The van der Waals surface area contributed by atoms with Crippen LogP contribution in [0.25, 0.3) is 0 Å². The van der Waals surface area contributed by atoms with E-state index in [2.05, 4.69) is 4.98 Å². The predicted octanol–water partition coefficient (Wildman–Crippen LogP) is 2.07. The van der Waals surface area contributed by atoms with E-state index in [1.165, 1.54) is 13.2 Å². The van der Waals surface area contributed by atoms with Crippen molar-refractivity contribution in [3.05, 3.63) is 53.9 Å². The van der Waals surface area contributed by atoms with Gasteiger partial charge in [0.15, 0.2) is 11.5 Å². The maximum absolute atomic E-state index is 10.1. The number of benzene rings is 1. The lowest BCUT2D eigenvalue weighted by Gasteiger charge is -2.12. The lowest BCUT2D eigenvalue weighted by Crippen LogP contribution is -2.03. The van der Waals surface area contributed by atoms with Gasteiger partial charge in [0, 0.05) is 18.3 Å². The second kappa shape index (κ2) is 5.51. The summed E-state index contributed by atoms with van der Waals surface area (Å²) in [4.78, 5) is 4.15. The van der Waals surface area contributed by atoms with Gasteiger partial charge in [-0.15, -0.1) is 0 Å². The summed E-state index contributed by atoms with van der Waals surface area (Å²) < 4.78 is 4.95. The molecule has 0 aliphatic heterocycles. The SMILES string of the molecule is COc1ccc(C(O)Cc2ccccn2)cc1O. The molecule has 4 heteroatoms. The Bertz CT molecular complexity index is 514. The Labute approximate surface area is 106 Å². The lowest BCUT2D eigenvalue weighted by atomic mass is 10.0. The highest BCUT2D eigenvalue weighted by molar-refractivity contribution is 5.42. The number of aliphatic hydroxyl groups is 1. The molecule has 0 bridgehead atoms. The molecule has 94 valence electrons. The summed E-state index contributed by atoms with van der Waals surface area (Å²) in [6, 6.07) is 10.4. The van der Waals surface area contributed by atoms with Crippen molar-refractivity contribution in [1.82, 2.24) is 4.98 Å². The average molecular weight is 245 g/mol. The first kappa shape index (κ1) is 12.4. The summed E-state index contributed by atoms with van der Waals surface area (Å²) in [5, 5.41) is 19.7. The van der Waals surface area contributed by atoms with Crippen molar-refractivity contribution in [2.24, 2.45) is 0 Å². The summed E-state index contributed by atoms with van der Waals surface area (Å²) >= 11 is 0. The number of methoxy groups -OCH3 is 1. The second-order valence-corrected chi connectivity index (χ2v) is 3.97. The Morgan fingerprint density at radius 1 is 1.28 bits per heavy atom. The number of phenols is 1. The maximum Gasteiger partial charge on any atom is 0.160 e. The van der Waals surface area contributed by atoms with Gasteiger partial charge in [-0.05, 0) is 29.8 Å². The molecule has 1 aromatic carbocycles. The third-order valence-electron chi connectivity index (χ3n) is 2.72. The lowest BCUT2D eigenvalue weighted by molar-refractivity contribution is 0.176. The van der Waals surface area contributed by atoms with E-state index in [0.717, 1.165) is 5.69 Å². The molecule has 0 aliphatic carbocycles. The van der Waals surface area contributed by atoms with Crippen LogP contribution >= 0.6 is 0 Å². The van der Waals surface area contributed by atoms with E-state index >= 15 is 0 Å². The quantitative estimate of drug-likeness (QED) is 0.865. The molecule has 0 spiro atoms. The van der Waals surface area contributed by atoms with Crippen LogP contribution < -0.4 is 4.74 Å². The van der Waals surface area contributed by atoms with Crippen molar-refractivity contribution in [3.8, 4) is 11.5 Å². The zero-order valence-corrected chi connectivity index (χ0v) is 10.1. The predicted molar refractivity (Wildman–Crippen MR) is 67.6 cm³/mol. The minimum Gasteiger partial charge on any atom is -0.504 e. The van der Waals surface area contributed by atoms with Gasteiger partial charge in [-0.1, -0.05) is 12.1 Å². The van der Waals surface area contributed by atoms with E-state index in [4.69, 9.17) is 4.74 Å². The Morgan fingerprint density at radius 2 is 2.11 bits per heavy atom. The molecule has 2 N–H and O–H groups in total. The van der Waals surface area contributed by atoms with E-state index in [-0.39, 0.29) is 5.75 Å². The summed E-state index contributed by atoms with van der Waals surface area (Å²) in [5.74, 6) is 0.416. The normalized spacial score (nSPS) is 12.1. The van der Waals surface area contributed by atoms with Gasteiger partial charge in [-0.2, -0.15) is 0 Å². The molecule has 1 heterocycles. The topological polar surface area (TPSA) is 62.6 Å². The van der Waals surface area contributed by atoms with Gasteiger partial charge in [-0.3, -0.25) is 4.98 Å². The van der Waals surface area contributed by atoms with E-state index < -0.39 is 6.10 Å². The largest absolute Gasteiger partial charge is 0.504 e. The number of rotatable bonds is 4. The van der Waals surface area contributed by atoms with Gasteiger partial charge in [-0.25, -0.2) is 0 Å². The molecule has 0 aliphatic rings. The molecule has 0 amide bonds. The van der Waals surface area contributed by atoms with Gasteiger partial charge >= 0.3 is 0 Å². The smallest absolute Gasteiger partial charge is 0.160 e. The molecule has 18 heavy (non-hydrogen) atoms. The van der Waals surface area contributed by atoms with Crippen LogP contribution in [0.2, 0.25) is 0 Å². The highest BCUT2D eigenvalue weighted by Gasteiger charge is 2.11. The maximum atomic E-state index is 10.1. The second-order valence-electron chi connectivity index (χ2n) is 3.97. The molecule has 2 aromatic rings. The molecule has 1 aromatic heterocycles. The van der Waals surface area contributed by atoms with Gasteiger partial charge in [0.2, 0.25) is 0 Å². The van der Waals surface area contributed by atoms with Crippen LogP contribution in [0, 0.1) is 0 Å². The van der Waals surface area contributed by atoms with Crippen LogP contribution in [0.15, 0.2) is 42.6 Å². The average Bonchev–Trinajstić information content (AvgIpc) is 2.39. The van der Waals surface area contributed by atoms with Gasteiger partial charge in [0.25, 0.3) is 0 Å². The van der Waals surface area contributed by atoms with Crippen molar-refractivity contribution in [1.29, 1.82) is 0 Å². The first-order chi connectivity index (χ1) is 8.70. The Kier molecular flexibility index (Phi) is 3.79. The monoisotopic (exact) mass is 245 g/mol. The molecule has 0 saturated carbocycles. The third kappa shape index (κ3) is 2.78. The van der Waals surface area contributed by atoms with Crippen LogP contribution in [0.3, 0.4) is 0 Å². The Hall–Kier alpha value is -2.07. The number of aromatic nitrogens is 1. The van der Waals surface area contributed by atoms with E-state index in [9.17, 15) is 10.2 Å². The number of aromatic hydroxyl groups is 1. The van der Waals surface area contributed by atoms with Crippen LogP contribution in [0.1, 0.15) is 17.4 Å². The van der Waals surface area contributed by atoms with Crippen molar-refractivity contribution in [2.75, 3.05) is 7.11 Å². The summed E-state index contributed by atoms with van der Waals surface area (Å²) in [6.45, 7) is 0. The zero-order valence-electron chi connectivity index (χ0n) is 10.1. The van der Waals surface area contributed by atoms with Crippen molar-refractivity contribution in [2.45, 2.75) is 12.5 Å². The number of ether oxygens (including phenoxy) is 1. The Balaban J connectivity index is 2.14. The van der Waals surface area contributed by atoms with Crippen molar-refractivity contribution in [3.63, 3.8) is 0 Å². The fourth-order valence-electron chi connectivity index (χ4n) is 1.75. The molecular formula is C14H15NO3. The molecule has 0 fully saturated rings. The molecule has 4 nitrogen and oxygen atoms in total. The third-order valence-corrected chi connectivity index (χ3v) is 2.72. The fraction of sp³-hybridized carbons (Fsp3) is 0.214. The van der Waals surface area contributed by atoms with E-state index in [1.54, 1.807) is 18.3 Å². The minimum atomic E-state index is -0.697. The summed E-state index contributed by atoms with van der Waals surface area (Å²) in [7, 11) is 1.49. The van der Waals surface area contributed by atoms with Gasteiger partial charge in [0.1, 0.15) is 0 Å². The standard InChI is InChI=1S/C14H15NO3/c1-18-14-6-5-10(8-13(14)17)12(16)9-11-4-2-3-7-15-11/h2-8,12,16-17H,9H2,1H3. The number of aliphatic hydroxyl groups excluding tert-OH is 1. The molecule has 1 atom stereocenters. The van der Waals surface area contributed by atoms with E-state index in [1.807, 2.05) is 18.2 Å². The molecule has 2 rings (SSSR count). The Morgan fingerprint density at radius 3 is 2.72 bits per heavy atom. The number of phenolic OH excluding ortho intramolecular Hbond substituents is 1. The zero-order chi connectivity index (χ0) is 13.0. The van der Waals surface area contributed by atoms with Gasteiger partial charge in [0.05, 0.1) is 13.2 Å². The van der Waals surface area contributed by atoms with Crippen molar-refractivity contribution < 1.29 is 14.9 Å². The first-order valence-corrected chi connectivity index (χ1v) is 5.65. The highest BCUT2D eigenvalue weighted by atomic mass is 16.5. The minimum absolute atomic E-state index is 0.0232. The van der Waals surface area contributed by atoms with Crippen molar-refractivity contribution >= 4 is 0 Å².